The number of aryl methyl sites for hydroxylation is 1. The zero-order valence-corrected chi connectivity index (χ0v) is 22.4. The first kappa shape index (κ1) is 26.2. The Morgan fingerprint density at radius 1 is 1.08 bits per heavy atom. The van der Waals surface area contributed by atoms with Crippen LogP contribution in [0.1, 0.15) is 0 Å². The minimum atomic E-state index is -0.305. The highest BCUT2D eigenvalue weighted by Crippen LogP contribution is 2.38. The largest absolute Gasteiger partial charge is 0.494 e. The molecule has 4 rings (SSSR count). The van der Waals surface area contributed by atoms with Crippen molar-refractivity contribution in [2.45, 2.75) is 0 Å². The van der Waals surface area contributed by atoms with E-state index >= 15 is 0 Å². The van der Waals surface area contributed by atoms with Crippen molar-refractivity contribution >= 4 is 51.6 Å². The van der Waals surface area contributed by atoms with Crippen LogP contribution in [0.3, 0.4) is 0 Å². The first-order chi connectivity index (χ1) is 17.8. The van der Waals surface area contributed by atoms with E-state index in [0.29, 0.717) is 28.8 Å². The number of halogens is 1. The summed E-state index contributed by atoms with van der Waals surface area (Å²) in [5.41, 5.74) is 4.58. The number of benzene rings is 2. The number of alkyl halides is 1. The Morgan fingerprint density at radius 2 is 1.86 bits per heavy atom. The molecule has 2 N–H and O–H groups in total. The highest BCUT2D eigenvalue weighted by Gasteiger charge is 2.18. The molecule has 0 unspecified atom stereocenters. The summed E-state index contributed by atoms with van der Waals surface area (Å²) >= 11 is 5.78. The van der Waals surface area contributed by atoms with E-state index < -0.39 is 0 Å². The summed E-state index contributed by atoms with van der Waals surface area (Å²) in [5, 5.41) is 6.13. The molecule has 194 valence electrons. The lowest BCUT2D eigenvalue weighted by Gasteiger charge is -2.26. The zero-order chi connectivity index (χ0) is 26.5. The summed E-state index contributed by atoms with van der Waals surface area (Å²) in [5.74, 6) is 1.21. The second-order valence-electron chi connectivity index (χ2n) is 8.85. The number of nitrogens with zero attached hydrogens (tertiary/aromatic N) is 6. The predicted molar refractivity (Wildman–Crippen MR) is 149 cm³/mol. The lowest BCUT2D eigenvalue weighted by molar-refractivity contribution is -0.113. The van der Waals surface area contributed by atoms with Crippen molar-refractivity contribution in [1.82, 2.24) is 24.4 Å². The van der Waals surface area contributed by atoms with Crippen LogP contribution in [0.25, 0.3) is 22.6 Å². The van der Waals surface area contributed by atoms with Gasteiger partial charge in [-0.05, 0) is 38.4 Å². The van der Waals surface area contributed by atoms with E-state index in [2.05, 4.69) is 25.4 Å². The van der Waals surface area contributed by atoms with Crippen molar-refractivity contribution in [3.05, 3.63) is 48.7 Å². The smallest absolute Gasteiger partial charge is 0.239 e. The lowest BCUT2D eigenvalue weighted by atomic mass is 10.2. The minimum Gasteiger partial charge on any atom is -0.494 e. The molecule has 0 aliphatic carbocycles. The monoisotopic (exact) mass is 522 g/mol. The van der Waals surface area contributed by atoms with Crippen molar-refractivity contribution in [2.75, 3.05) is 62.8 Å². The highest BCUT2D eigenvalue weighted by molar-refractivity contribution is 6.29. The Balaban J connectivity index is 1.69. The second kappa shape index (κ2) is 11.4. The number of carbonyl (C=O) groups is 1. The molecule has 37 heavy (non-hydrogen) atoms. The van der Waals surface area contributed by atoms with Crippen LogP contribution < -0.4 is 20.3 Å². The summed E-state index contributed by atoms with van der Waals surface area (Å²) in [7, 11) is 9.54. The summed E-state index contributed by atoms with van der Waals surface area (Å²) in [4.78, 5) is 30.2. The number of aromatic nitrogens is 4. The third kappa shape index (κ3) is 5.92. The third-order valence-corrected chi connectivity index (χ3v) is 6.17. The molecule has 0 atom stereocenters. The van der Waals surface area contributed by atoms with Gasteiger partial charge in [0.1, 0.15) is 17.3 Å². The maximum absolute atomic E-state index is 12.2. The molecular weight excluding hydrogens is 492 g/mol. The highest BCUT2D eigenvalue weighted by atomic mass is 35.5. The molecule has 0 radical (unpaired) electrons. The maximum Gasteiger partial charge on any atom is 0.239 e. The van der Waals surface area contributed by atoms with Crippen molar-refractivity contribution in [3.8, 4) is 17.3 Å². The second-order valence-corrected chi connectivity index (χ2v) is 9.12. The Kier molecular flexibility index (Phi) is 8.10. The van der Waals surface area contributed by atoms with Crippen LogP contribution in [0.2, 0.25) is 0 Å². The molecule has 2 heterocycles. The van der Waals surface area contributed by atoms with E-state index in [9.17, 15) is 4.79 Å². The van der Waals surface area contributed by atoms with E-state index in [4.69, 9.17) is 26.3 Å². The molecule has 2 aromatic carbocycles. The quantitative estimate of drug-likeness (QED) is 0.302. The fraction of sp³-hybridized carbons (Fsp3) is 0.308. The number of hydrogen-bond donors (Lipinski definition) is 2. The first-order valence-corrected chi connectivity index (χ1v) is 12.3. The van der Waals surface area contributed by atoms with Crippen LogP contribution in [-0.2, 0) is 11.8 Å². The molecule has 0 spiro atoms. The van der Waals surface area contributed by atoms with Gasteiger partial charge in [0.25, 0.3) is 0 Å². The molecule has 0 aliphatic rings. The van der Waals surface area contributed by atoms with E-state index in [1.165, 1.54) is 0 Å². The van der Waals surface area contributed by atoms with Crippen LogP contribution in [0.4, 0.5) is 23.0 Å². The Bertz CT molecular complexity index is 1400. The number of anilines is 4. The van der Waals surface area contributed by atoms with E-state index in [0.717, 1.165) is 35.6 Å². The number of nitrogens with one attached hydrogen (secondary N) is 2. The number of imidazole rings is 1. The van der Waals surface area contributed by atoms with Gasteiger partial charge in [0.2, 0.25) is 11.9 Å². The first-order valence-electron chi connectivity index (χ1n) is 11.8. The molecule has 0 bridgehead atoms. The molecule has 0 saturated carbocycles. The average Bonchev–Trinajstić information content (AvgIpc) is 3.24. The molecule has 0 saturated heterocycles. The normalized spacial score (nSPS) is 11.1. The Labute approximate surface area is 221 Å². The fourth-order valence-electron chi connectivity index (χ4n) is 3.94. The SMILES string of the molecule is COc1cc(N(C)CCN(C)C)c(NC(=O)CCl)cc1Nc1nccc(-c2nc3ccccc3n2C)n1. The fourth-order valence-corrected chi connectivity index (χ4v) is 4.01. The van der Waals surface area contributed by atoms with Gasteiger partial charge in [0.15, 0.2) is 5.82 Å². The van der Waals surface area contributed by atoms with Gasteiger partial charge in [0, 0.05) is 39.4 Å². The molecule has 1 amide bonds. The number of ether oxygens (including phenoxy) is 1. The Hall–Kier alpha value is -3.89. The van der Waals surface area contributed by atoms with Crippen LogP contribution in [0, 0.1) is 0 Å². The number of fused-ring (bicyclic) bond motifs is 1. The van der Waals surface area contributed by atoms with Crippen LogP contribution in [-0.4, -0.2) is 77.5 Å². The van der Waals surface area contributed by atoms with Gasteiger partial charge >= 0.3 is 0 Å². The topological polar surface area (TPSA) is 100 Å². The molecule has 0 fully saturated rings. The van der Waals surface area contributed by atoms with Crippen molar-refractivity contribution in [1.29, 1.82) is 0 Å². The number of likely N-dealkylation sites (N-methyl/N-ethyl adjacent to an activating group) is 2. The molecule has 11 heteroatoms. The van der Waals surface area contributed by atoms with E-state index in [1.54, 1.807) is 19.4 Å². The number of rotatable bonds is 10. The van der Waals surface area contributed by atoms with Crippen LogP contribution in [0.15, 0.2) is 48.7 Å². The van der Waals surface area contributed by atoms with Gasteiger partial charge in [-0.3, -0.25) is 4.79 Å². The van der Waals surface area contributed by atoms with Gasteiger partial charge in [-0.1, -0.05) is 12.1 Å². The number of carbonyl (C=O) groups excluding carboxylic acids is 1. The summed E-state index contributed by atoms with van der Waals surface area (Å²) in [6, 6.07) is 13.4. The average molecular weight is 523 g/mol. The van der Waals surface area contributed by atoms with Gasteiger partial charge < -0.3 is 29.7 Å². The van der Waals surface area contributed by atoms with Crippen LogP contribution in [0.5, 0.6) is 5.75 Å². The Morgan fingerprint density at radius 3 is 2.57 bits per heavy atom. The third-order valence-electron chi connectivity index (χ3n) is 5.93. The van der Waals surface area contributed by atoms with E-state index in [1.807, 2.05) is 69.2 Å². The van der Waals surface area contributed by atoms with Gasteiger partial charge in [-0.15, -0.1) is 11.6 Å². The number of para-hydroxylation sites is 2. The van der Waals surface area contributed by atoms with Gasteiger partial charge in [-0.25, -0.2) is 15.0 Å². The van der Waals surface area contributed by atoms with Gasteiger partial charge in [0.05, 0.1) is 35.2 Å². The zero-order valence-electron chi connectivity index (χ0n) is 21.6. The molecular formula is C26H31ClN8O2. The van der Waals surface area contributed by atoms with Gasteiger partial charge in [-0.2, -0.15) is 0 Å². The summed E-state index contributed by atoms with van der Waals surface area (Å²) < 4.78 is 7.68. The number of hydrogen-bond acceptors (Lipinski definition) is 8. The standard InChI is InChI=1S/C26H31ClN8O2/c1-33(2)12-13-34(3)22-15-23(37-5)20(14-19(22)29-24(36)16-27)32-26-28-11-10-18(31-26)25-30-17-8-6-7-9-21(17)35(25)4/h6-11,14-15H,12-13,16H2,1-5H3,(H,29,36)(H,28,31,32). The number of methoxy groups -OCH3 is 1. The predicted octanol–water partition coefficient (Wildman–Crippen LogP) is 3.96. The van der Waals surface area contributed by atoms with Crippen molar-refractivity contribution in [2.24, 2.45) is 7.05 Å². The summed E-state index contributed by atoms with van der Waals surface area (Å²) in [6.45, 7) is 1.58. The van der Waals surface area contributed by atoms with Crippen molar-refractivity contribution < 1.29 is 9.53 Å². The maximum atomic E-state index is 12.2. The summed E-state index contributed by atoms with van der Waals surface area (Å²) in [6.07, 6.45) is 1.68. The molecule has 4 aromatic rings. The van der Waals surface area contributed by atoms with Crippen molar-refractivity contribution in [3.63, 3.8) is 0 Å². The molecule has 2 aromatic heterocycles. The molecule has 0 aliphatic heterocycles. The van der Waals surface area contributed by atoms with E-state index in [-0.39, 0.29) is 11.8 Å². The van der Waals surface area contributed by atoms with Crippen LogP contribution >= 0.6 is 11.6 Å². The minimum absolute atomic E-state index is 0.154. The molecule has 10 nitrogen and oxygen atoms in total. The number of amides is 1. The lowest BCUT2D eigenvalue weighted by Crippen LogP contribution is -2.29.